The average molecular weight is 396 g/mol. The standard InChI is InChI=1S/C23H29N3O3/c1-17(2)18-8-10-19(11-9-18)29-15-14-26-21-7-5-4-6-20(21)25-22(26)12-13-24-23(27)16-28-3/h4-11,17H,12-16H2,1-3H3,(H,24,27). The largest absolute Gasteiger partial charge is 0.492 e. The third kappa shape index (κ3) is 5.57. The molecule has 2 aromatic carbocycles. The van der Waals surface area contributed by atoms with Crippen molar-refractivity contribution in [3.63, 3.8) is 0 Å². The zero-order chi connectivity index (χ0) is 20.6. The van der Waals surface area contributed by atoms with Crippen LogP contribution < -0.4 is 10.1 Å². The molecule has 0 aliphatic carbocycles. The average Bonchev–Trinajstić information content (AvgIpc) is 3.06. The highest BCUT2D eigenvalue weighted by Crippen LogP contribution is 2.20. The lowest BCUT2D eigenvalue weighted by Crippen LogP contribution is -2.29. The van der Waals surface area contributed by atoms with Crippen molar-refractivity contribution in [2.24, 2.45) is 0 Å². The van der Waals surface area contributed by atoms with Gasteiger partial charge in [0.25, 0.3) is 0 Å². The molecule has 1 aromatic heterocycles. The minimum absolute atomic E-state index is 0.0693. The summed E-state index contributed by atoms with van der Waals surface area (Å²) in [6, 6.07) is 16.3. The molecule has 29 heavy (non-hydrogen) atoms. The number of amides is 1. The highest BCUT2D eigenvalue weighted by Gasteiger charge is 2.11. The summed E-state index contributed by atoms with van der Waals surface area (Å²) in [6.07, 6.45) is 0.646. The van der Waals surface area contributed by atoms with Crippen molar-refractivity contribution in [2.45, 2.75) is 32.7 Å². The first-order valence-electron chi connectivity index (χ1n) is 10.0. The quantitative estimate of drug-likeness (QED) is 0.570. The molecule has 0 bridgehead atoms. The Morgan fingerprint density at radius 3 is 2.62 bits per heavy atom. The number of ether oxygens (including phenoxy) is 2. The predicted molar refractivity (Wildman–Crippen MR) is 114 cm³/mol. The van der Waals surface area contributed by atoms with E-state index in [-0.39, 0.29) is 12.5 Å². The molecule has 0 fully saturated rings. The fourth-order valence-electron chi connectivity index (χ4n) is 3.27. The van der Waals surface area contributed by atoms with E-state index < -0.39 is 0 Å². The molecule has 6 nitrogen and oxygen atoms in total. The van der Waals surface area contributed by atoms with Crippen molar-refractivity contribution >= 4 is 16.9 Å². The molecule has 0 aliphatic rings. The summed E-state index contributed by atoms with van der Waals surface area (Å²) in [5, 5.41) is 2.85. The molecule has 0 atom stereocenters. The Morgan fingerprint density at radius 2 is 1.90 bits per heavy atom. The zero-order valence-corrected chi connectivity index (χ0v) is 17.4. The van der Waals surface area contributed by atoms with Crippen LogP contribution in [0.15, 0.2) is 48.5 Å². The third-order valence-corrected chi connectivity index (χ3v) is 4.81. The number of nitrogens with one attached hydrogen (secondary N) is 1. The fourth-order valence-corrected chi connectivity index (χ4v) is 3.27. The van der Waals surface area contributed by atoms with E-state index in [4.69, 9.17) is 14.5 Å². The molecule has 3 rings (SSSR count). The number of nitrogens with zero attached hydrogens (tertiary/aromatic N) is 2. The Kier molecular flexibility index (Phi) is 7.25. The number of rotatable bonds is 10. The topological polar surface area (TPSA) is 65.4 Å². The van der Waals surface area contributed by atoms with E-state index in [0.717, 1.165) is 22.6 Å². The molecular formula is C23H29N3O3. The van der Waals surface area contributed by atoms with Crippen molar-refractivity contribution in [2.75, 3.05) is 26.9 Å². The van der Waals surface area contributed by atoms with Crippen molar-refractivity contribution in [3.05, 3.63) is 59.9 Å². The molecular weight excluding hydrogens is 366 g/mol. The lowest BCUT2D eigenvalue weighted by molar-refractivity contribution is -0.124. The first-order valence-corrected chi connectivity index (χ1v) is 10.0. The molecule has 1 heterocycles. The summed E-state index contributed by atoms with van der Waals surface area (Å²) < 4.78 is 13.0. The normalized spacial score (nSPS) is 11.2. The number of para-hydroxylation sites is 2. The van der Waals surface area contributed by atoms with Crippen LogP contribution in [-0.4, -0.2) is 42.3 Å². The van der Waals surface area contributed by atoms with E-state index >= 15 is 0 Å². The molecule has 154 valence electrons. The van der Waals surface area contributed by atoms with Crippen LogP contribution >= 0.6 is 0 Å². The number of aromatic nitrogens is 2. The van der Waals surface area contributed by atoms with Gasteiger partial charge in [-0.25, -0.2) is 4.98 Å². The molecule has 6 heteroatoms. The number of carbonyl (C=O) groups is 1. The van der Waals surface area contributed by atoms with Gasteiger partial charge in [0.1, 0.15) is 24.8 Å². The van der Waals surface area contributed by atoms with Gasteiger partial charge in [-0.05, 0) is 35.7 Å². The predicted octanol–water partition coefficient (Wildman–Crippen LogP) is 3.54. The van der Waals surface area contributed by atoms with Gasteiger partial charge in [0.05, 0.1) is 17.6 Å². The van der Waals surface area contributed by atoms with E-state index in [0.29, 0.717) is 32.0 Å². The first-order chi connectivity index (χ1) is 14.1. The van der Waals surface area contributed by atoms with Crippen LogP contribution in [0.25, 0.3) is 11.0 Å². The van der Waals surface area contributed by atoms with Crippen LogP contribution in [0, 0.1) is 0 Å². The summed E-state index contributed by atoms with van der Waals surface area (Å²) in [6.45, 7) is 6.18. The van der Waals surface area contributed by atoms with Crippen LogP contribution in [0.2, 0.25) is 0 Å². The Morgan fingerprint density at radius 1 is 1.14 bits per heavy atom. The second-order valence-corrected chi connectivity index (χ2v) is 7.27. The van der Waals surface area contributed by atoms with Gasteiger partial charge in [0, 0.05) is 20.1 Å². The van der Waals surface area contributed by atoms with E-state index in [1.165, 1.54) is 12.7 Å². The lowest BCUT2D eigenvalue weighted by Gasteiger charge is -2.12. The smallest absolute Gasteiger partial charge is 0.245 e. The highest BCUT2D eigenvalue weighted by atomic mass is 16.5. The van der Waals surface area contributed by atoms with Crippen LogP contribution in [-0.2, 0) is 22.5 Å². The summed E-state index contributed by atoms with van der Waals surface area (Å²) in [5.41, 5.74) is 3.33. The number of fused-ring (bicyclic) bond motifs is 1. The van der Waals surface area contributed by atoms with Crippen molar-refractivity contribution in [3.8, 4) is 5.75 Å². The molecule has 0 saturated carbocycles. The highest BCUT2D eigenvalue weighted by molar-refractivity contribution is 5.77. The first kappa shape index (κ1) is 20.9. The van der Waals surface area contributed by atoms with Gasteiger partial charge >= 0.3 is 0 Å². The maximum Gasteiger partial charge on any atom is 0.245 e. The third-order valence-electron chi connectivity index (χ3n) is 4.81. The summed E-state index contributed by atoms with van der Waals surface area (Å²) >= 11 is 0. The number of benzene rings is 2. The molecule has 0 radical (unpaired) electrons. The Labute approximate surface area is 171 Å². The molecule has 0 spiro atoms. The van der Waals surface area contributed by atoms with E-state index in [2.05, 4.69) is 41.9 Å². The molecule has 0 saturated heterocycles. The zero-order valence-electron chi connectivity index (χ0n) is 17.4. The van der Waals surface area contributed by atoms with Gasteiger partial charge in [0.15, 0.2) is 0 Å². The minimum Gasteiger partial charge on any atom is -0.492 e. The summed E-state index contributed by atoms with van der Waals surface area (Å²) in [4.78, 5) is 16.3. The summed E-state index contributed by atoms with van der Waals surface area (Å²) in [7, 11) is 1.51. The van der Waals surface area contributed by atoms with Crippen molar-refractivity contribution in [1.29, 1.82) is 0 Å². The number of imidazole rings is 1. The van der Waals surface area contributed by atoms with Crippen LogP contribution in [0.1, 0.15) is 31.2 Å². The Hall–Kier alpha value is -2.86. The number of methoxy groups -OCH3 is 1. The van der Waals surface area contributed by atoms with E-state index in [9.17, 15) is 4.79 Å². The summed E-state index contributed by atoms with van der Waals surface area (Å²) in [5.74, 6) is 2.19. The van der Waals surface area contributed by atoms with Gasteiger partial charge in [-0.1, -0.05) is 38.1 Å². The number of carbonyl (C=O) groups excluding carboxylic acids is 1. The second kappa shape index (κ2) is 10.1. The SMILES string of the molecule is COCC(=O)NCCc1nc2ccccc2n1CCOc1ccc(C(C)C)cc1. The maximum atomic E-state index is 11.6. The maximum absolute atomic E-state index is 11.6. The van der Waals surface area contributed by atoms with Crippen LogP contribution in [0.5, 0.6) is 5.75 Å². The molecule has 0 unspecified atom stereocenters. The van der Waals surface area contributed by atoms with Crippen molar-refractivity contribution < 1.29 is 14.3 Å². The fraction of sp³-hybridized carbons (Fsp3) is 0.391. The number of hydrogen-bond donors (Lipinski definition) is 1. The van der Waals surface area contributed by atoms with Crippen LogP contribution in [0.3, 0.4) is 0 Å². The Balaban J connectivity index is 1.64. The lowest BCUT2D eigenvalue weighted by atomic mass is 10.0. The van der Waals surface area contributed by atoms with Gasteiger partial charge in [0.2, 0.25) is 5.91 Å². The molecule has 1 N–H and O–H groups in total. The minimum atomic E-state index is -0.122. The van der Waals surface area contributed by atoms with E-state index in [1.807, 2.05) is 30.3 Å². The van der Waals surface area contributed by atoms with Gasteiger partial charge in [-0.3, -0.25) is 4.79 Å². The van der Waals surface area contributed by atoms with Gasteiger partial charge in [-0.15, -0.1) is 0 Å². The van der Waals surface area contributed by atoms with Gasteiger partial charge in [-0.2, -0.15) is 0 Å². The Bertz CT molecular complexity index is 932. The molecule has 3 aromatic rings. The van der Waals surface area contributed by atoms with E-state index in [1.54, 1.807) is 0 Å². The van der Waals surface area contributed by atoms with Crippen LogP contribution in [0.4, 0.5) is 0 Å². The number of hydrogen-bond acceptors (Lipinski definition) is 4. The van der Waals surface area contributed by atoms with Gasteiger partial charge < -0.3 is 19.4 Å². The molecule has 0 aliphatic heterocycles. The monoisotopic (exact) mass is 395 g/mol. The van der Waals surface area contributed by atoms with Crippen molar-refractivity contribution in [1.82, 2.24) is 14.9 Å². The molecule has 1 amide bonds. The second-order valence-electron chi connectivity index (χ2n) is 7.27.